The largest absolute Gasteiger partial charge is 0.490 e. The molecule has 1 N–H and O–H groups in total. The van der Waals surface area contributed by atoms with Gasteiger partial charge < -0.3 is 28.8 Å². The second-order valence-electron chi connectivity index (χ2n) is 9.30. The molecule has 15 heteroatoms. The Kier molecular flexibility index (Phi) is 11.6. The van der Waals surface area contributed by atoms with Crippen LogP contribution in [0.25, 0.3) is 6.08 Å². The summed E-state index contributed by atoms with van der Waals surface area (Å²) < 4.78 is 30.0. The fourth-order valence-corrected chi connectivity index (χ4v) is 7.65. The summed E-state index contributed by atoms with van der Waals surface area (Å²) >= 11 is 5.28. The Morgan fingerprint density at radius 1 is 1.02 bits per heavy atom. The SMILES string of the molecule is CCOC(=O)C1=C(C)N=c2s/c(=C\c3cc(I)c(OCC(=O)O)c(I)c3)c(=O)n2[C@@H]1c1ccc(OCC(=O)OC)c(OCC)c1. The number of benzene rings is 2. The van der Waals surface area contributed by atoms with Crippen LogP contribution in [0.2, 0.25) is 0 Å². The van der Waals surface area contributed by atoms with Crippen molar-refractivity contribution in [2.45, 2.75) is 26.8 Å². The summed E-state index contributed by atoms with van der Waals surface area (Å²) in [6.45, 7) is 4.78. The van der Waals surface area contributed by atoms with Gasteiger partial charge in [0.2, 0.25) is 0 Å². The van der Waals surface area contributed by atoms with Gasteiger partial charge in [-0.3, -0.25) is 9.36 Å². The third kappa shape index (κ3) is 7.86. The van der Waals surface area contributed by atoms with E-state index in [1.54, 1.807) is 57.2 Å². The number of allylic oxidation sites excluding steroid dienone is 1. The van der Waals surface area contributed by atoms with Gasteiger partial charge in [0.25, 0.3) is 5.56 Å². The van der Waals surface area contributed by atoms with E-state index in [1.807, 2.05) is 0 Å². The molecule has 1 aromatic heterocycles. The lowest BCUT2D eigenvalue weighted by atomic mass is 9.95. The second-order valence-corrected chi connectivity index (χ2v) is 12.6. The molecule has 0 amide bonds. The van der Waals surface area contributed by atoms with Crippen molar-refractivity contribution in [1.82, 2.24) is 4.57 Å². The van der Waals surface area contributed by atoms with Crippen molar-refractivity contribution in [3.63, 3.8) is 0 Å². The zero-order valence-electron chi connectivity index (χ0n) is 24.5. The Hall–Kier alpha value is -3.45. The number of hydrogen-bond donors (Lipinski definition) is 1. The van der Waals surface area contributed by atoms with Gasteiger partial charge in [0, 0.05) is 0 Å². The van der Waals surface area contributed by atoms with E-state index < -0.39 is 30.6 Å². The van der Waals surface area contributed by atoms with Gasteiger partial charge in [-0.25, -0.2) is 19.4 Å². The van der Waals surface area contributed by atoms with E-state index in [9.17, 15) is 19.2 Å². The smallest absolute Gasteiger partial charge is 0.343 e. The number of esters is 2. The highest BCUT2D eigenvalue weighted by atomic mass is 127. The predicted octanol–water partition coefficient (Wildman–Crippen LogP) is 3.42. The van der Waals surface area contributed by atoms with Gasteiger partial charge in [-0.2, -0.15) is 0 Å². The number of nitrogens with zero attached hydrogens (tertiary/aromatic N) is 2. The van der Waals surface area contributed by atoms with Crippen molar-refractivity contribution in [2.75, 3.05) is 33.5 Å². The standard InChI is InChI=1S/C30H28I2N2O10S/c1-5-41-21-12-17(7-8-20(21)43-14-24(37)40-4)26-25(29(39)42-6-2)15(3)33-30-34(26)28(38)22(45-30)11-16-9-18(31)27(19(32)10-16)44-13-23(35)36/h7-12,26H,5-6,13-14H2,1-4H3,(H,35,36)/b22-11-/t26-/m1/s1. The molecule has 1 aliphatic rings. The maximum atomic E-state index is 14.0. The highest BCUT2D eigenvalue weighted by Crippen LogP contribution is 2.36. The number of halogens is 2. The zero-order chi connectivity index (χ0) is 32.8. The molecule has 4 rings (SSSR count). The van der Waals surface area contributed by atoms with Crippen molar-refractivity contribution in [3.05, 3.63) is 79.6 Å². The van der Waals surface area contributed by atoms with Crippen LogP contribution in [0.1, 0.15) is 37.9 Å². The van der Waals surface area contributed by atoms with Crippen LogP contribution in [0.3, 0.4) is 0 Å². The molecule has 0 radical (unpaired) electrons. The van der Waals surface area contributed by atoms with Crippen LogP contribution in [0.4, 0.5) is 0 Å². The van der Waals surface area contributed by atoms with Crippen molar-refractivity contribution in [1.29, 1.82) is 0 Å². The summed E-state index contributed by atoms with van der Waals surface area (Å²) in [5.74, 6) is -1.22. The molecule has 0 aliphatic carbocycles. The summed E-state index contributed by atoms with van der Waals surface area (Å²) in [5.41, 5.74) is 1.46. The highest BCUT2D eigenvalue weighted by molar-refractivity contribution is 14.1. The van der Waals surface area contributed by atoms with E-state index in [4.69, 9.17) is 24.1 Å². The van der Waals surface area contributed by atoms with Gasteiger partial charge in [0.15, 0.2) is 29.5 Å². The van der Waals surface area contributed by atoms with Crippen molar-refractivity contribution >= 4 is 80.5 Å². The Morgan fingerprint density at radius 3 is 2.36 bits per heavy atom. The summed E-state index contributed by atoms with van der Waals surface area (Å²) in [7, 11) is 1.26. The summed E-state index contributed by atoms with van der Waals surface area (Å²) in [6.07, 6.45) is 1.71. The lowest BCUT2D eigenvalue weighted by Crippen LogP contribution is -2.40. The molecule has 0 spiro atoms. The lowest BCUT2D eigenvalue weighted by molar-refractivity contribution is -0.143. The number of fused-ring (bicyclic) bond motifs is 1. The maximum Gasteiger partial charge on any atom is 0.343 e. The number of carbonyl (C=O) groups excluding carboxylic acids is 2. The molecule has 0 saturated carbocycles. The molecule has 3 aromatic rings. The molecule has 1 aliphatic heterocycles. The van der Waals surface area contributed by atoms with Gasteiger partial charge in [-0.05, 0) is 107 Å². The number of carboxylic acids is 1. The molecule has 0 saturated heterocycles. The van der Waals surface area contributed by atoms with E-state index >= 15 is 0 Å². The molecular weight excluding hydrogens is 834 g/mol. The van der Waals surface area contributed by atoms with Gasteiger partial charge in [0.1, 0.15) is 5.75 Å². The van der Waals surface area contributed by atoms with Crippen LogP contribution >= 0.6 is 56.5 Å². The molecule has 2 aromatic carbocycles. The number of thiazole rings is 1. The first-order valence-corrected chi connectivity index (χ1v) is 16.5. The van der Waals surface area contributed by atoms with Crippen LogP contribution in [0.5, 0.6) is 17.2 Å². The molecular formula is C30H28I2N2O10S. The number of ether oxygens (including phenoxy) is 5. The number of aliphatic carboxylic acids is 1. The number of carboxylic acid groups (broad SMARTS) is 1. The number of carbonyl (C=O) groups is 3. The molecule has 0 fully saturated rings. The molecule has 45 heavy (non-hydrogen) atoms. The second kappa shape index (κ2) is 15.2. The number of methoxy groups -OCH3 is 1. The van der Waals surface area contributed by atoms with Crippen LogP contribution in [-0.4, -0.2) is 61.1 Å². The van der Waals surface area contributed by atoms with E-state index in [1.165, 1.54) is 23.0 Å². The minimum atomic E-state index is -1.09. The molecule has 0 bridgehead atoms. The predicted molar refractivity (Wildman–Crippen MR) is 181 cm³/mol. The number of hydrogen-bond acceptors (Lipinski definition) is 11. The first kappa shape index (κ1) is 34.4. The molecule has 12 nitrogen and oxygen atoms in total. The Balaban J connectivity index is 1.87. The van der Waals surface area contributed by atoms with E-state index in [-0.39, 0.29) is 36.7 Å². The average Bonchev–Trinajstić information content (AvgIpc) is 3.28. The Labute approximate surface area is 288 Å². The van der Waals surface area contributed by atoms with Gasteiger partial charge in [-0.15, -0.1) is 0 Å². The molecule has 238 valence electrons. The van der Waals surface area contributed by atoms with Crippen LogP contribution in [0.15, 0.2) is 51.4 Å². The molecule has 1 atom stereocenters. The van der Waals surface area contributed by atoms with Crippen molar-refractivity contribution in [2.24, 2.45) is 4.99 Å². The summed E-state index contributed by atoms with van der Waals surface area (Å²) in [6, 6.07) is 7.63. The summed E-state index contributed by atoms with van der Waals surface area (Å²) in [5, 5.41) is 8.99. The van der Waals surface area contributed by atoms with Gasteiger partial charge in [-0.1, -0.05) is 17.4 Å². The maximum absolute atomic E-state index is 14.0. The van der Waals surface area contributed by atoms with Crippen LogP contribution in [-0.2, 0) is 23.9 Å². The van der Waals surface area contributed by atoms with Crippen molar-refractivity contribution < 1.29 is 43.2 Å². The van der Waals surface area contributed by atoms with Gasteiger partial charge in [0.05, 0.1) is 49.3 Å². The first-order valence-electron chi connectivity index (χ1n) is 13.5. The third-order valence-corrected chi connectivity index (χ3v) is 8.92. The highest BCUT2D eigenvalue weighted by Gasteiger charge is 2.34. The first-order chi connectivity index (χ1) is 21.5. The van der Waals surface area contributed by atoms with E-state index in [0.29, 0.717) is 44.8 Å². The average molecular weight is 862 g/mol. The Morgan fingerprint density at radius 2 is 1.73 bits per heavy atom. The third-order valence-electron chi connectivity index (χ3n) is 6.33. The lowest BCUT2D eigenvalue weighted by Gasteiger charge is -2.25. The quantitative estimate of drug-likeness (QED) is 0.212. The van der Waals surface area contributed by atoms with E-state index in [0.717, 1.165) is 0 Å². The van der Waals surface area contributed by atoms with Crippen LogP contribution in [0, 0.1) is 7.14 Å². The van der Waals surface area contributed by atoms with E-state index in [2.05, 4.69) is 54.9 Å². The fourth-order valence-electron chi connectivity index (χ4n) is 4.47. The minimum absolute atomic E-state index is 0.126. The van der Waals surface area contributed by atoms with Crippen molar-refractivity contribution in [3.8, 4) is 17.2 Å². The topological polar surface area (TPSA) is 152 Å². The van der Waals surface area contributed by atoms with Crippen LogP contribution < -0.4 is 29.1 Å². The number of aromatic nitrogens is 1. The van der Waals surface area contributed by atoms with Gasteiger partial charge >= 0.3 is 17.9 Å². The minimum Gasteiger partial charge on any atom is -0.490 e. The Bertz CT molecular complexity index is 1840. The number of rotatable bonds is 12. The normalized spacial score (nSPS) is 14.4. The monoisotopic (exact) mass is 862 g/mol. The summed E-state index contributed by atoms with van der Waals surface area (Å²) in [4.78, 5) is 55.0. The molecule has 0 unspecified atom stereocenters. The fraction of sp³-hybridized carbons (Fsp3) is 0.300. The molecule has 2 heterocycles. The zero-order valence-corrected chi connectivity index (χ0v) is 29.7.